The first kappa shape index (κ1) is 15.7. The zero-order chi connectivity index (χ0) is 16.6. The molecule has 0 aliphatic carbocycles. The number of phenolic OH excluding ortho intramolecular Hbond substituents is 1. The number of benzene rings is 2. The smallest absolute Gasteiger partial charge is 0.217 e. The molecular formula is C18H19ClN2O2. The number of nitrogens with one attached hydrogen (secondary N) is 1. The van der Waals surface area contributed by atoms with E-state index in [1.54, 1.807) is 6.07 Å². The second-order valence-electron chi connectivity index (χ2n) is 5.81. The number of carbonyl (C=O) groups excluding carboxylic acids is 1. The number of amides is 1. The number of hydrogen-bond donors (Lipinski definition) is 2. The minimum atomic E-state index is -0.0965. The molecule has 1 heterocycles. The molecule has 3 rings (SSSR count). The van der Waals surface area contributed by atoms with Crippen molar-refractivity contribution in [2.45, 2.75) is 12.8 Å². The number of halogens is 1. The number of nitrogens with zero attached hydrogens (tertiary/aromatic N) is 1. The number of alkyl halides is 1. The first-order valence-electron chi connectivity index (χ1n) is 7.53. The van der Waals surface area contributed by atoms with Crippen LogP contribution in [0.15, 0.2) is 42.6 Å². The van der Waals surface area contributed by atoms with Gasteiger partial charge in [-0.1, -0.05) is 30.8 Å². The van der Waals surface area contributed by atoms with Crippen LogP contribution in [-0.2, 0) is 4.79 Å². The lowest BCUT2D eigenvalue weighted by atomic mass is 9.95. The Kier molecular flexibility index (Phi) is 4.18. The lowest BCUT2D eigenvalue weighted by Gasteiger charge is -2.23. The SMILES string of the molecule is C=C(CNC(C)=O)N1CC(CCl)c2c1cc(O)c1ccccc21. The first-order valence-corrected chi connectivity index (χ1v) is 8.06. The quantitative estimate of drug-likeness (QED) is 0.845. The first-order chi connectivity index (χ1) is 11.0. The minimum absolute atomic E-state index is 0.0965. The van der Waals surface area contributed by atoms with Gasteiger partial charge in [0, 0.05) is 48.1 Å². The van der Waals surface area contributed by atoms with Crippen molar-refractivity contribution in [1.82, 2.24) is 5.32 Å². The number of fused-ring (bicyclic) bond motifs is 3. The summed E-state index contributed by atoms with van der Waals surface area (Å²) in [7, 11) is 0. The van der Waals surface area contributed by atoms with E-state index in [2.05, 4.69) is 11.9 Å². The molecule has 1 amide bonds. The van der Waals surface area contributed by atoms with Gasteiger partial charge in [-0.15, -0.1) is 11.6 Å². The third-order valence-electron chi connectivity index (χ3n) is 4.25. The van der Waals surface area contributed by atoms with Gasteiger partial charge in [0.25, 0.3) is 0 Å². The molecule has 0 fully saturated rings. The summed E-state index contributed by atoms with van der Waals surface area (Å²) >= 11 is 6.18. The molecule has 0 bridgehead atoms. The van der Waals surface area contributed by atoms with Gasteiger partial charge in [0.15, 0.2) is 0 Å². The standard InChI is InChI=1S/C18H19ClN2O2/c1-11(9-20-12(2)22)21-10-13(8-19)18-15-6-4-3-5-14(15)17(23)7-16(18)21/h3-7,13,23H,1,8-10H2,2H3,(H,20,22). The van der Waals surface area contributed by atoms with Crippen molar-refractivity contribution in [1.29, 1.82) is 0 Å². The zero-order valence-corrected chi connectivity index (χ0v) is 13.7. The molecule has 1 aliphatic rings. The normalized spacial score (nSPS) is 16.4. The Morgan fingerprint density at radius 3 is 2.78 bits per heavy atom. The topological polar surface area (TPSA) is 52.6 Å². The lowest BCUT2D eigenvalue weighted by Crippen LogP contribution is -2.31. The van der Waals surface area contributed by atoms with E-state index in [-0.39, 0.29) is 17.6 Å². The van der Waals surface area contributed by atoms with E-state index < -0.39 is 0 Å². The molecule has 1 atom stereocenters. The molecule has 2 aromatic carbocycles. The predicted molar refractivity (Wildman–Crippen MR) is 94.2 cm³/mol. The molecule has 120 valence electrons. The van der Waals surface area contributed by atoms with Crippen LogP contribution in [0.4, 0.5) is 5.69 Å². The number of carbonyl (C=O) groups is 1. The monoisotopic (exact) mass is 330 g/mol. The van der Waals surface area contributed by atoms with E-state index in [1.165, 1.54) is 6.92 Å². The summed E-state index contributed by atoms with van der Waals surface area (Å²) in [6.07, 6.45) is 0. The maximum absolute atomic E-state index is 11.1. The highest BCUT2D eigenvalue weighted by Crippen LogP contribution is 2.46. The third-order valence-corrected chi connectivity index (χ3v) is 4.63. The van der Waals surface area contributed by atoms with Crippen molar-refractivity contribution in [3.05, 3.63) is 48.2 Å². The van der Waals surface area contributed by atoms with Crippen LogP contribution in [0.5, 0.6) is 5.75 Å². The van der Waals surface area contributed by atoms with Crippen LogP contribution >= 0.6 is 11.6 Å². The Hall–Kier alpha value is -2.20. The van der Waals surface area contributed by atoms with Crippen molar-refractivity contribution in [2.24, 2.45) is 0 Å². The van der Waals surface area contributed by atoms with Gasteiger partial charge in [-0.25, -0.2) is 0 Å². The second-order valence-corrected chi connectivity index (χ2v) is 6.12. The van der Waals surface area contributed by atoms with E-state index >= 15 is 0 Å². The Morgan fingerprint density at radius 2 is 2.13 bits per heavy atom. The minimum Gasteiger partial charge on any atom is -0.507 e. The van der Waals surface area contributed by atoms with Crippen molar-refractivity contribution in [2.75, 3.05) is 23.9 Å². The second kappa shape index (κ2) is 6.13. The maximum Gasteiger partial charge on any atom is 0.217 e. The number of anilines is 1. The van der Waals surface area contributed by atoms with Gasteiger partial charge in [0.05, 0.1) is 6.54 Å². The largest absolute Gasteiger partial charge is 0.507 e. The summed E-state index contributed by atoms with van der Waals surface area (Å²) in [6.45, 7) is 6.62. The summed E-state index contributed by atoms with van der Waals surface area (Å²) < 4.78 is 0. The van der Waals surface area contributed by atoms with Gasteiger partial charge >= 0.3 is 0 Å². The van der Waals surface area contributed by atoms with Crippen LogP contribution in [0.1, 0.15) is 18.4 Å². The molecule has 0 spiro atoms. The zero-order valence-electron chi connectivity index (χ0n) is 13.0. The summed E-state index contributed by atoms with van der Waals surface area (Å²) in [4.78, 5) is 13.2. The summed E-state index contributed by atoms with van der Waals surface area (Å²) in [6, 6.07) is 9.55. The summed E-state index contributed by atoms with van der Waals surface area (Å²) in [5.74, 6) is 0.796. The molecule has 0 radical (unpaired) electrons. The fourth-order valence-corrected chi connectivity index (χ4v) is 3.43. The van der Waals surface area contributed by atoms with Gasteiger partial charge in [-0.2, -0.15) is 0 Å². The number of hydrogen-bond acceptors (Lipinski definition) is 3. The van der Waals surface area contributed by atoms with E-state index in [4.69, 9.17) is 11.6 Å². The third kappa shape index (κ3) is 2.75. The fourth-order valence-electron chi connectivity index (χ4n) is 3.17. The molecule has 2 N–H and O–H groups in total. The molecule has 1 unspecified atom stereocenters. The Morgan fingerprint density at radius 1 is 1.43 bits per heavy atom. The highest BCUT2D eigenvalue weighted by molar-refractivity contribution is 6.18. The van der Waals surface area contributed by atoms with Gasteiger partial charge in [-0.3, -0.25) is 4.79 Å². The van der Waals surface area contributed by atoms with Crippen LogP contribution < -0.4 is 10.2 Å². The number of rotatable bonds is 4. The molecule has 0 saturated heterocycles. The van der Waals surface area contributed by atoms with Gasteiger partial charge < -0.3 is 15.3 Å². The number of phenols is 1. The molecule has 2 aromatic rings. The summed E-state index contributed by atoms with van der Waals surface area (Å²) in [5, 5.41) is 15.0. The van der Waals surface area contributed by atoms with Crippen LogP contribution in [0.2, 0.25) is 0 Å². The van der Waals surface area contributed by atoms with Crippen LogP contribution in [0.25, 0.3) is 10.8 Å². The van der Waals surface area contributed by atoms with Crippen LogP contribution in [0, 0.1) is 0 Å². The van der Waals surface area contributed by atoms with Crippen molar-refractivity contribution < 1.29 is 9.90 Å². The molecule has 4 nitrogen and oxygen atoms in total. The van der Waals surface area contributed by atoms with E-state index in [9.17, 15) is 9.90 Å². The molecule has 5 heteroatoms. The highest BCUT2D eigenvalue weighted by atomic mass is 35.5. The highest BCUT2D eigenvalue weighted by Gasteiger charge is 2.32. The molecule has 23 heavy (non-hydrogen) atoms. The Bertz CT molecular complexity index is 788. The maximum atomic E-state index is 11.1. The Balaban J connectivity index is 2.07. The van der Waals surface area contributed by atoms with E-state index in [0.29, 0.717) is 19.0 Å². The van der Waals surface area contributed by atoms with Crippen LogP contribution in [0.3, 0.4) is 0 Å². The predicted octanol–water partition coefficient (Wildman–Crippen LogP) is 3.34. The molecule has 0 saturated carbocycles. The van der Waals surface area contributed by atoms with Crippen LogP contribution in [-0.4, -0.2) is 30.0 Å². The Labute approximate surface area is 140 Å². The van der Waals surface area contributed by atoms with Gasteiger partial charge in [-0.05, 0) is 10.9 Å². The van der Waals surface area contributed by atoms with Gasteiger partial charge in [0.1, 0.15) is 5.75 Å². The van der Waals surface area contributed by atoms with Crippen molar-refractivity contribution >= 4 is 34.0 Å². The van der Waals surface area contributed by atoms with Crippen molar-refractivity contribution in [3.8, 4) is 5.75 Å². The average molecular weight is 331 g/mol. The summed E-state index contributed by atoms with van der Waals surface area (Å²) in [5.41, 5.74) is 2.84. The fraction of sp³-hybridized carbons (Fsp3) is 0.278. The van der Waals surface area contributed by atoms with Gasteiger partial charge in [0.2, 0.25) is 5.91 Å². The van der Waals surface area contributed by atoms with E-state index in [1.807, 2.05) is 29.2 Å². The molecular weight excluding hydrogens is 312 g/mol. The molecule has 0 aromatic heterocycles. The van der Waals surface area contributed by atoms with E-state index in [0.717, 1.165) is 27.7 Å². The average Bonchev–Trinajstić information content (AvgIpc) is 2.91. The lowest BCUT2D eigenvalue weighted by molar-refractivity contribution is -0.118. The van der Waals surface area contributed by atoms with Crippen molar-refractivity contribution in [3.63, 3.8) is 0 Å². The molecule has 1 aliphatic heterocycles. The number of aromatic hydroxyl groups is 1.